The van der Waals surface area contributed by atoms with Gasteiger partial charge in [0.05, 0.1) is 21.3 Å². The first kappa shape index (κ1) is 39.9. The number of hydrogen-bond acceptors (Lipinski definition) is 3. The molecule has 0 radical (unpaired) electrons. The van der Waals surface area contributed by atoms with Gasteiger partial charge < -0.3 is 14.2 Å². The third-order valence-corrected chi connectivity index (χ3v) is 11.9. The minimum atomic E-state index is 0.0761. The SMILES string of the molecule is COc1cc2c(cc1-c1ccc(C(C)(C)C)cc1)Cc1cc(OC)c(-c3ccc(C(C)(C)C)cc3)cc1Cc1cc(OC)c(-c3ccc(C(C)(C)C)cc3)cc1C2. The zero-order chi connectivity index (χ0) is 40.9. The van der Waals surface area contributed by atoms with Gasteiger partial charge in [-0.3, -0.25) is 0 Å². The molecule has 3 heteroatoms. The summed E-state index contributed by atoms with van der Waals surface area (Å²) in [6.45, 7) is 20.3. The van der Waals surface area contributed by atoms with Crippen molar-refractivity contribution >= 4 is 0 Å². The van der Waals surface area contributed by atoms with Crippen molar-refractivity contribution in [3.05, 3.63) is 159 Å². The Labute approximate surface area is 342 Å². The fraction of sp³-hybridized carbons (Fsp3) is 0.333. The molecule has 0 spiro atoms. The van der Waals surface area contributed by atoms with E-state index < -0.39 is 0 Å². The number of benzene rings is 6. The van der Waals surface area contributed by atoms with Gasteiger partial charge in [-0.25, -0.2) is 0 Å². The lowest BCUT2D eigenvalue weighted by molar-refractivity contribution is 0.415. The Bertz CT molecular complexity index is 2120. The Balaban J connectivity index is 1.43. The van der Waals surface area contributed by atoms with Crippen molar-refractivity contribution in [3.63, 3.8) is 0 Å². The molecular weight excluding hydrogens is 697 g/mol. The molecule has 294 valence electrons. The first-order valence-corrected chi connectivity index (χ1v) is 20.4. The highest BCUT2D eigenvalue weighted by molar-refractivity contribution is 5.77. The Morgan fingerprint density at radius 3 is 0.719 bits per heavy atom. The minimum absolute atomic E-state index is 0.0761. The molecule has 0 unspecified atom stereocenters. The van der Waals surface area contributed by atoms with E-state index >= 15 is 0 Å². The maximum absolute atomic E-state index is 6.18. The predicted molar refractivity (Wildman–Crippen MR) is 240 cm³/mol. The maximum atomic E-state index is 6.18. The second-order valence-corrected chi connectivity index (χ2v) is 19.0. The third-order valence-electron chi connectivity index (χ3n) is 11.9. The molecule has 0 bridgehead atoms. The lowest BCUT2D eigenvalue weighted by atomic mass is 9.85. The number of fused-ring (bicyclic) bond motifs is 3. The van der Waals surface area contributed by atoms with E-state index in [0.717, 1.165) is 69.9 Å². The van der Waals surface area contributed by atoms with Crippen molar-refractivity contribution in [2.75, 3.05) is 21.3 Å². The molecule has 0 N–H and O–H groups in total. The molecule has 1 aliphatic rings. The average molecular weight is 757 g/mol. The summed E-state index contributed by atoms with van der Waals surface area (Å²) in [5.41, 5.74) is 18.6. The van der Waals surface area contributed by atoms with Crippen molar-refractivity contribution in [2.45, 2.75) is 97.8 Å². The van der Waals surface area contributed by atoms with Crippen LogP contribution in [0.2, 0.25) is 0 Å². The van der Waals surface area contributed by atoms with Gasteiger partial charge in [-0.1, -0.05) is 135 Å². The van der Waals surface area contributed by atoms with E-state index in [1.165, 1.54) is 50.1 Å². The molecular formula is C54H60O3. The molecule has 6 aromatic rings. The molecule has 57 heavy (non-hydrogen) atoms. The Morgan fingerprint density at radius 1 is 0.316 bits per heavy atom. The number of rotatable bonds is 6. The molecule has 0 aromatic heterocycles. The molecule has 0 saturated heterocycles. The normalized spacial score (nSPS) is 13.1. The van der Waals surface area contributed by atoms with Crippen molar-refractivity contribution < 1.29 is 14.2 Å². The van der Waals surface area contributed by atoms with Crippen LogP contribution < -0.4 is 14.2 Å². The smallest absolute Gasteiger partial charge is 0.126 e. The number of hydrogen-bond donors (Lipinski definition) is 0. The molecule has 1 aliphatic carbocycles. The molecule has 3 nitrogen and oxygen atoms in total. The van der Waals surface area contributed by atoms with Gasteiger partial charge in [-0.2, -0.15) is 0 Å². The van der Waals surface area contributed by atoms with Gasteiger partial charge in [0.1, 0.15) is 17.2 Å². The van der Waals surface area contributed by atoms with Crippen LogP contribution in [0.4, 0.5) is 0 Å². The van der Waals surface area contributed by atoms with E-state index in [1.807, 2.05) is 0 Å². The molecule has 7 rings (SSSR count). The number of ether oxygens (including phenoxy) is 3. The van der Waals surface area contributed by atoms with E-state index in [2.05, 4.69) is 172 Å². The topological polar surface area (TPSA) is 27.7 Å². The van der Waals surface area contributed by atoms with E-state index in [9.17, 15) is 0 Å². The monoisotopic (exact) mass is 756 g/mol. The first-order valence-electron chi connectivity index (χ1n) is 20.4. The van der Waals surface area contributed by atoms with Crippen LogP contribution in [0.25, 0.3) is 33.4 Å². The van der Waals surface area contributed by atoms with Crippen LogP contribution in [0, 0.1) is 0 Å². The van der Waals surface area contributed by atoms with Gasteiger partial charge in [0.15, 0.2) is 0 Å². The molecule has 0 heterocycles. The van der Waals surface area contributed by atoms with E-state index in [4.69, 9.17) is 14.2 Å². The summed E-state index contributed by atoms with van der Waals surface area (Å²) >= 11 is 0. The largest absolute Gasteiger partial charge is 0.496 e. The van der Waals surface area contributed by atoms with Crippen LogP contribution in [0.1, 0.15) is 112 Å². The molecule has 0 amide bonds. The Kier molecular flexibility index (Phi) is 10.7. The second-order valence-electron chi connectivity index (χ2n) is 19.0. The summed E-state index contributed by atoms with van der Waals surface area (Å²) in [7, 11) is 5.37. The highest BCUT2D eigenvalue weighted by Gasteiger charge is 2.24. The molecule has 0 fully saturated rings. The lowest BCUT2D eigenvalue weighted by Crippen LogP contribution is -2.10. The maximum Gasteiger partial charge on any atom is 0.126 e. The summed E-state index contributed by atoms with van der Waals surface area (Å²) in [6, 6.07) is 40.9. The Hall–Kier alpha value is -5.28. The van der Waals surface area contributed by atoms with Gasteiger partial charge in [0.2, 0.25) is 0 Å². The number of methoxy groups -OCH3 is 3. The van der Waals surface area contributed by atoms with Gasteiger partial charge in [-0.15, -0.1) is 0 Å². The fourth-order valence-electron chi connectivity index (χ4n) is 8.24. The zero-order valence-electron chi connectivity index (χ0n) is 36.2. The standard InChI is InChI=1S/C54H60O3/c1-52(2,3)43-19-13-34(14-20-43)46-28-37-25-41-32-50(56-11)48(36-17-23-45(24-18-36)54(7,8)9)30-39(41)27-42-33-51(57-12)47(29-38(42)26-40(37)31-49(46)55-10)35-15-21-44(22-16-35)53(4,5)6/h13-24,28-33H,25-27H2,1-12H3. The van der Waals surface area contributed by atoms with Gasteiger partial charge in [-0.05, 0) is 139 Å². The van der Waals surface area contributed by atoms with Crippen LogP contribution in [-0.4, -0.2) is 21.3 Å². The predicted octanol–water partition coefficient (Wildman–Crippen LogP) is 13.7. The average Bonchev–Trinajstić information content (AvgIpc) is 3.23. The van der Waals surface area contributed by atoms with E-state index in [0.29, 0.717) is 0 Å². The molecule has 0 atom stereocenters. The van der Waals surface area contributed by atoms with Crippen LogP contribution in [-0.2, 0) is 35.5 Å². The van der Waals surface area contributed by atoms with E-state index in [-0.39, 0.29) is 16.2 Å². The molecule has 0 saturated carbocycles. The quantitative estimate of drug-likeness (QED) is 0.169. The summed E-state index contributed by atoms with van der Waals surface area (Å²) in [5, 5.41) is 0. The molecule has 0 aliphatic heterocycles. The van der Waals surface area contributed by atoms with Gasteiger partial charge in [0, 0.05) is 16.7 Å². The van der Waals surface area contributed by atoms with Crippen molar-refractivity contribution in [3.8, 4) is 50.6 Å². The summed E-state index contributed by atoms with van der Waals surface area (Å²) in [4.78, 5) is 0. The van der Waals surface area contributed by atoms with Crippen LogP contribution in [0.15, 0.2) is 109 Å². The lowest BCUT2D eigenvalue weighted by Gasteiger charge is -2.21. The minimum Gasteiger partial charge on any atom is -0.496 e. The van der Waals surface area contributed by atoms with Crippen LogP contribution >= 0.6 is 0 Å². The highest BCUT2D eigenvalue weighted by atomic mass is 16.5. The van der Waals surface area contributed by atoms with Crippen molar-refractivity contribution in [2.24, 2.45) is 0 Å². The third kappa shape index (κ3) is 8.26. The summed E-state index contributed by atoms with van der Waals surface area (Å²) < 4.78 is 18.5. The van der Waals surface area contributed by atoms with Crippen LogP contribution in [0.3, 0.4) is 0 Å². The summed E-state index contributed by atoms with van der Waals surface area (Å²) in [5.74, 6) is 2.66. The van der Waals surface area contributed by atoms with Gasteiger partial charge in [0.25, 0.3) is 0 Å². The molecule has 6 aromatic carbocycles. The van der Waals surface area contributed by atoms with Crippen molar-refractivity contribution in [1.82, 2.24) is 0 Å². The summed E-state index contributed by atoms with van der Waals surface area (Å²) in [6.07, 6.45) is 2.31. The zero-order valence-corrected chi connectivity index (χ0v) is 36.2. The van der Waals surface area contributed by atoms with Crippen LogP contribution in [0.5, 0.6) is 17.2 Å². The second kappa shape index (κ2) is 15.2. The Morgan fingerprint density at radius 2 is 0.526 bits per heavy atom. The van der Waals surface area contributed by atoms with Gasteiger partial charge >= 0.3 is 0 Å². The first-order chi connectivity index (χ1) is 27.0. The van der Waals surface area contributed by atoms with E-state index in [1.54, 1.807) is 21.3 Å². The van der Waals surface area contributed by atoms with Crippen molar-refractivity contribution in [1.29, 1.82) is 0 Å². The fourth-order valence-corrected chi connectivity index (χ4v) is 8.24. The highest BCUT2D eigenvalue weighted by Crippen LogP contribution is 2.43.